The Bertz CT molecular complexity index is 639. The van der Waals surface area contributed by atoms with E-state index in [0.717, 1.165) is 38.7 Å². The average molecular weight is 389 g/mol. The predicted octanol–water partition coefficient (Wildman–Crippen LogP) is 4.60. The van der Waals surface area contributed by atoms with Gasteiger partial charge >= 0.3 is 5.97 Å². The Morgan fingerprint density at radius 1 is 1.18 bits per heavy atom. The standard InChI is InChI=1S/C23H32O5/c1-2-3-4-14-26-15-13-20-19(21-11-12-22(20)28-21)10-7-17-5-8-18(9-6-17)27-16-23(24)25/h4-6,8-9,14,19-22H,2-3,7,10-13,15-16H2,1H3,(H,24,25)/t19-,20+,21-,22+/m0/s1. The third-order valence-electron chi connectivity index (χ3n) is 5.86. The second kappa shape index (κ2) is 10.5. The predicted molar refractivity (Wildman–Crippen MR) is 107 cm³/mol. The second-order valence-electron chi connectivity index (χ2n) is 7.80. The van der Waals surface area contributed by atoms with Crippen molar-refractivity contribution < 1.29 is 24.1 Å². The molecule has 2 aliphatic heterocycles. The Kier molecular flexibility index (Phi) is 7.78. The van der Waals surface area contributed by atoms with Gasteiger partial charge in [-0.2, -0.15) is 0 Å². The number of allylic oxidation sites excluding steroid dienone is 1. The van der Waals surface area contributed by atoms with E-state index in [2.05, 4.69) is 13.0 Å². The van der Waals surface area contributed by atoms with Crippen LogP contribution in [0.15, 0.2) is 36.6 Å². The van der Waals surface area contributed by atoms with Crippen molar-refractivity contribution in [3.63, 3.8) is 0 Å². The maximum atomic E-state index is 10.6. The summed E-state index contributed by atoms with van der Waals surface area (Å²) < 4.78 is 17.1. The van der Waals surface area contributed by atoms with Crippen LogP contribution in [0.4, 0.5) is 0 Å². The quantitative estimate of drug-likeness (QED) is 0.419. The summed E-state index contributed by atoms with van der Waals surface area (Å²) in [4.78, 5) is 10.6. The number of fused-ring (bicyclic) bond motifs is 2. The van der Waals surface area contributed by atoms with Crippen LogP contribution in [0.3, 0.4) is 0 Å². The molecule has 0 saturated carbocycles. The molecule has 0 amide bonds. The lowest BCUT2D eigenvalue weighted by atomic mass is 9.75. The van der Waals surface area contributed by atoms with Crippen molar-refractivity contribution in [2.75, 3.05) is 13.2 Å². The first-order valence-electron chi connectivity index (χ1n) is 10.5. The molecule has 1 N–H and O–H groups in total. The van der Waals surface area contributed by atoms with Crippen molar-refractivity contribution in [1.29, 1.82) is 0 Å². The maximum absolute atomic E-state index is 10.6. The number of carboxylic acids is 1. The summed E-state index contributed by atoms with van der Waals surface area (Å²) in [6.07, 6.45) is 12.5. The van der Waals surface area contributed by atoms with Crippen LogP contribution >= 0.6 is 0 Å². The van der Waals surface area contributed by atoms with Crippen LogP contribution in [-0.4, -0.2) is 36.5 Å². The normalized spacial score (nSPS) is 26.0. The van der Waals surface area contributed by atoms with Crippen molar-refractivity contribution >= 4 is 5.97 Å². The molecule has 5 nitrogen and oxygen atoms in total. The van der Waals surface area contributed by atoms with Crippen LogP contribution in [0.25, 0.3) is 0 Å². The van der Waals surface area contributed by atoms with Crippen molar-refractivity contribution in [2.24, 2.45) is 11.8 Å². The lowest BCUT2D eigenvalue weighted by Crippen LogP contribution is -2.28. The molecule has 0 radical (unpaired) electrons. The maximum Gasteiger partial charge on any atom is 0.341 e. The Labute approximate surface area is 167 Å². The van der Waals surface area contributed by atoms with E-state index in [9.17, 15) is 4.79 Å². The summed E-state index contributed by atoms with van der Waals surface area (Å²) in [6.45, 7) is 2.63. The van der Waals surface area contributed by atoms with Crippen LogP contribution < -0.4 is 4.74 Å². The van der Waals surface area contributed by atoms with Crippen molar-refractivity contribution in [3.05, 3.63) is 42.2 Å². The van der Waals surface area contributed by atoms with Gasteiger partial charge in [0.05, 0.1) is 25.1 Å². The molecular weight excluding hydrogens is 356 g/mol. The van der Waals surface area contributed by atoms with Gasteiger partial charge in [-0.05, 0) is 74.1 Å². The highest BCUT2D eigenvalue weighted by Gasteiger charge is 2.47. The average Bonchev–Trinajstić information content (AvgIpc) is 3.30. The van der Waals surface area contributed by atoms with E-state index in [4.69, 9.17) is 19.3 Å². The molecule has 1 aromatic carbocycles. The van der Waals surface area contributed by atoms with Crippen LogP contribution in [0.2, 0.25) is 0 Å². The largest absolute Gasteiger partial charge is 0.502 e. The van der Waals surface area contributed by atoms with Gasteiger partial charge in [-0.25, -0.2) is 4.79 Å². The number of carbonyl (C=O) groups is 1. The second-order valence-corrected chi connectivity index (χ2v) is 7.80. The Morgan fingerprint density at radius 3 is 2.57 bits per heavy atom. The summed E-state index contributed by atoms with van der Waals surface area (Å²) in [7, 11) is 0. The zero-order chi connectivity index (χ0) is 19.8. The third-order valence-corrected chi connectivity index (χ3v) is 5.86. The molecule has 2 heterocycles. The fourth-order valence-corrected chi connectivity index (χ4v) is 4.48. The van der Waals surface area contributed by atoms with Crippen LogP contribution in [0.1, 0.15) is 51.0 Å². The third kappa shape index (κ3) is 5.74. The van der Waals surface area contributed by atoms with Gasteiger partial charge in [0.25, 0.3) is 0 Å². The van der Waals surface area contributed by atoms with Gasteiger partial charge in [0.15, 0.2) is 6.61 Å². The molecule has 2 fully saturated rings. The van der Waals surface area contributed by atoms with E-state index >= 15 is 0 Å². The smallest absolute Gasteiger partial charge is 0.341 e. The first-order valence-corrected chi connectivity index (χ1v) is 10.5. The van der Waals surface area contributed by atoms with Gasteiger partial charge in [0.1, 0.15) is 5.75 Å². The molecule has 5 heteroatoms. The number of aryl methyl sites for hydroxylation is 1. The van der Waals surface area contributed by atoms with Gasteiger partial charge in [0, 0.05) is 0 Å². The summed E-state index contributed by atoms with van der Waals surface area (Å²) in [5.74, 6) is 0.832. The van der Waals surface area contributed by atoms with Crippen LogP contribution in [0, 0.1) is 11.8 Å². The van der Waals surface area contributed by atoms with E-state index in [-0.39, 0.29) is 6.61 Å². The molecule has 2 saturated heterocycles. The number of hydrogen-bond acceptors (Lipinski definition) is 4. The number of unbranched alkanes of at least 4 members (excludes halogenated alkanes) is 1. The summed E-state index contributed by atoms with van der Waals surface area (Å²) in [5.41, 5.74) is 1.25. The zero-order valence-corrected chi connectivity index (χ0v) is 16.7. The fourth-order valence-electron chi connectivity index (χ4n) is 4.48. The molecule has 0 aliphatic carbocycles. The van der Waals surface area contributed by atoms with Gasteiger partial charge in [-0.1, -0.05) is 25.5 Å². The number of rotatable bonds is 12. The van der Waals surface area contributed by atoms with Gasteiger partial charge in [0.2, 0.25) is 0 Å². The molecule has 1 aromatic rings. The highest BCUT2D eigenvalue weighted by molar-refractivity contribution is 5.68. The molecule has 0 unspecified atom stereocenters. The molecule has 0 spiro atoms. The lowest BCUT2D eigenvalue weighted by molar-refractivity contribution is -0.139. The van der Waals surface area contributed by atoms with E-state index in [1.807, 2.05) is 30.5 Å². The van der Waals surface area contributed by atoms with Gasteiger partial charge in [-0.3, -0.25) is 0 Å². The van der Waals surface area contributed by atoms with Gasteiger partial charge in [-0.15, -0.1) is 0 Å². The summed E-state index contributed by atoms with van der Waals surface area (Å²) in [5, 5.41) is 8.68. The molecule has 154 valence electrons. The molecule has 2 bridgehead atoms. The minimum atomic E-state index is -0.962. The van der Waals surface area contributed by atoms with Crippen molar-refractivity contribution in [2.45, 2.75) is 64.1 Å². The zero-order valence-electron chi connectivity index (χ0n) is 16.7. The Morgan fingerprint density at radius 2 is 1.89 bits per heavy atom. The topological polar surface area (TPSA) is 65.0 Å². The minimum Gasteiger partial charge on any atom is -0.502 e. The molecule has 2 aliphatic rings. The lowest BCUT2D eigenvalue weighted by Gasteiger charge is -2.28. The van der Waals surface area contributed by atoms with Crippen LogP contribution in [-0.2, 0) is 20.7 Å². The number of ether oxygens (including phenoxy) is 3. The highest BCUT2D eigenvalue weighted by atomic mass is 16.5. The van der Waals surface area contributed by atoms with E-state index < -0.39 is 5.97 Å². The fraction of sp³-hybridized carbons (Fsp3) is 0.609. The molecule has 4 atom stereocenters. The first kappa shape index (κ1) is 20.7. The summed E-state index contributed by atoms with van der Waals surface area (Å²) >= 11 is 0. The van der Waals surface area contributed by atoms with Crippen LogP contribution in [0.5, 0.6) is 5.75 Å². The first-order chi connectivity index (χ1) is 13.7. The SMILES string of the molecule is CCCC=COCC[C@@H]1[C@H](CCc2ccc(OCC(=O)O)cc2)[C@@H]2CC[C@H]1O2. The number of aliphatic carboxylic acids is 1. The molecule has 0 aromatic heterocycles. The molecule has 28 heavy (non-hydrogen) atoms. The highest BCUT2D eigenvalue weighted by Crippen LogP contribution is 2.46. The monoisotopic (exact) mass is 388 g/mol. The van der Waals surface area contributed by atoms with Gasteiger partial charge < -0.3 is 19.3 Å². The number of benzene rings is 1. The van der Waals surface area contributed by atoms with E-state index in [1.165, 1.54) is 18.4 Å². The van der Waals surface area contributed by atoms with E-state index in [0.29, 0.717) is 29.8 Å². The summed E-state index contributed by atoms with van der Waals surface area (Å²) in [6, 6.07) is 7.76. The molecular formula is C23H32O5. The number of carboxylic acid groups (broad SMARTS) is 1. The van der Waals surface area contributed by atoms with E-state index in [1.54, 1.807) is 0 Å². The molecule has 3 rings (SSSR count). The Hall–Kier alpha value is -2.01. The van der Waals surface area contributed by atoms with Crippen molar-refractivity contribution in [3.8, 4) is 5.75 Å². The Balaban J connectivity index is 1.46. The minimum absolute atomic E-state index is 0.306. The number of hydrogen-bond donors (Lipinski definition) is 1. The van der Waals surface area contributed by atoms with Crippen molar-refractivity contribution in [1.82, 2.24) is 0 Å².